The fourth-order valence-corrected chi connectivity index (χ4v) is 2.96. The molecular weight excluding hydrogens is 387 g/mol. The largest absolute Gasteiger partial charge is 0.497 e. The summed E-state index contributed by atoms with van der Waals surface area (Å²) in [6.07, 6.45) is 0. The van der Waals surface area contributed by atoms with E-state index in [-0.39, 0.29) is 30.9 Å². The van der Waals surface area contributed by atoms with Gasteiger partial charge >= 0.3 is 0 Å². The molecule has 0 aromatic heterocycles. The van der Waals surface area contributed by atoms with Crippen LogP contribution < -0.4 is 15.4 Å². The van der Waals surface area contributed by atoms with Crippen LogP contribution in [0.3, 0.4) is 0 Å². The molecule has 1 amide bonds. The number of carbonyl (C=O) groups is 1. The van der Waals surface area contributed by atoms with E-state index in [0.717, 1.165) is 22.4 Å². The Bertz CT molecular complexity index is 741. The highest BCUT2D eigenvalue weighted by atomic mass is 35.5. The molecule has 1 unspecified atom stereocenters. The number of amides is 1. The molecule has 2 N–H and O–H groups in total. The summed E-state index contributed by atoms with van der Waals surface area (Å²) in [5.74, 6) is 0.665. The van der Waals surface area contributed by atoms with Gasteiger partial charge in [-0.25, -0.2) is 0 Å². The highest BCUT2D eigenvalue weighted by Crippen LogP contribution is 2.31. The SMILES string of the molecule is COCCNCC(=O)NC(c1ccc(OC)cc1C)c1ccccc1Cl.Cl. The lowest BCUT2D eigenvalue weighted by Crippen LogP contribution is -2.38. The first-order chi connectivity index (χ1) is 12.6. The van der Waals surface area contributed by atoms with Gasteiger partial charge in [-0.2, -0.15) is 0 Å². The lowest BCUT2D eigenvalue weighted by Gasteiger charge is -2.23. The summed E-state index contributed by atoms with van der Waals surface area (Å²) in [5.41, 5.74) is 2.85. The summed E-state index contributed by atoms with van der Waals surface area (Å²) in [7, 11) is 3.26. The van der Waals surface area contributed by atoms with Crippen molar-refractivity contribution >= 4 is 29.9 Å². The summed E-state index contributed by atoms with van der Waals surface area (Å²) in [5, 5.41) is 6.74. The van der Waals surface area contributed by atoms with E-state index in [0.29, 0.717) is 18.2 Å². The number of hydrogen-bond donors (Lipinski definition) is 2. The Hall–Kier alpha value is -1.79. The molecule has 2 rings (SSSR count). The second-order valence-corrected chi connectivity index (χ2v) is 6.32. The average Bonchev–Trinajstić information content (AvgIpc) is 2.64. The summed E-state index contributed by atoms with van der Waals surface area (Å²) < 4.78 is 10.3. The van der Waals surface area contributed by atoms with Gasteiger partial charge in [0, 0.05) is 18.7 Å². The fourth-order valence-electron chi connectivity index (χ4n) is 2.72. The van der Waals surface area contributed by atoms with Gasteiger partial charge in [0.05, 0.1) is 26.3 Å². The molecule has 0 bridgehead atoms. The van der Waals surface area contributed by atoms with Crippen molar-refractivity contribution in [2.45, 2.75) is 13.0 Å². The van der Waals surface area contributed by atoms with E-state index in [4.69, 9.17) is 21.1 Å². The molecule has 0 fully saturated rings. The zero-order valence-electron chi connectivity index (χ0n) is 15.8. The second-order valence-electron chi connectivity index (χ2n) is 5.91. The Morgan fingerprint density at radius 3 is 2.52 bits per heavy atom. The van der Waals surface area contributed by atoms with Crippen LogP contribution in [0.1, 0.15) is 22.7 Å². The third-order valence-corrected chi connectivity index (χ3v) is 4.42. The average molecular weight is 413 g/mol. The number of rotatable bonds is 9. The van der Waals surface area contributed by atoms with Crippen LogP contribution in [0.4, 0.5) is 0 Å². The molecule has 0 radical (unpaired) electrons. The van der Waals surface area contributed by atoms with Crippen LogP contribution in [0.5, 0.6) is 5.75 Å². The van der Waals surface area contributed by atoms with Crippen molar-refractivity contribution in [1.82, 2.24) is 10.6 Å². The molecule has 0 aliphatic carbocycles. The van der Waals surface area contributed by atoms with Crippen LogP contribution in [0.25, 0.3) is 0 Å². The number of carbonyl (C=O) groups excluding carboxylic acids is 1. The molecule has 2 aromatic carbocycles. The molecule has 5 nitrogen and oxygen atoms in total. The molecule has 0 aliphatic heterocycles. The highest BCUT2D eigenvalue weighted by molar-refractivity contribution is 6.31. The Balaban J connectivity index is 0.00000364. The number of hydrogen-bond acceptors (Lipinski definition) is 4. The number of aryl methyl sites for hydroxylation is 1. The maximum atomic E-state index is 12.4. The summed E-state index contributed by atoms with van der Waals surface area (Å²) in [6.45, 7) is 3.37. The second kappa shape index (κ2) is 11.8. The van der Waals surface area contributed by atoms with Crippen molar-refractivity contribution in [1.29, 1.82) is 0 Å². The van der Waals surface area contributed by atoms with Crippen LogP contribution in [0.15, 0.2) is 42.5 Å². The first kappa shape index (κ1) is 23.2. The van der Waals surface area contributed by atoms with Crippen molar-refractivity contribution in [2.24, 2.45) is 0 Å². The van der Waals surface area contributed by atoms with E-state index < -0.39 is 0 Å². The molecule has 0 saturated carbocycles. The zero-order valence-corrected chi connectivity index (χ0v) is 17.3. The third kappa shape index (κ3) is 6.70. The Morgan fingerprint density at radius 2 is 1.89 bits per heavy atom. The fraction of sp³-hybridized carbons (Fsp3) is 0.350. The molecule has 0 heterocycles. The van der Waals surface area contributed by atoms with Gasteiger partial charge in [-0.15, -0.1) is 12.4 Å². The molecular formula is C20H26Cl2N2O3. The number of nitrogens with one attached hydrogen (secondary N) is 2. The first-order valence-corrected chi connectivity index (χ1v) is 8.82. The molecule has 148 valence electrons. The standard InChI is InChI=1S/C20H25ClN2O3.ClH/c1-14-12-15(26-3)8-9-16(14)20(17-6-4-5-7-18(17)21)23-19(24)13-22-10-11-25-2;/h4-9,12,20,22H,10-11,13H2,1-3H3,(H,23,24);1H. The van der Waals surface area contributed by atoms with Crippen molar-refractivity contribution in [3.8, 4) is 5.75 Å². The maximum absolute atomic E-state index is 12.4. The maximum Gasteiger partial charge on any atom is 0.234 e. The topological polar surface area (TPSA) is 59.6 Å². The van der Waals surface area contributed by atoms with Gasteiger partial charge in [0.25, 0.3) is 0 Å². The minimum atomic E-state index is -0.341. The molecule has 2 aromatic rings. The van der Waals surface area contributed by atoms with Gasteiger partial charge < -0.3 is 20.1 Å². The first-order valence-electron chi connectivity index (χ1n) is 8.44. The van der Waals surface area contributed by atoms with Crippen LogP contribution in [0, 0.1) is 6.92 Å². The number of ether oxygens (including phenoxy) is 2. The number of methoxy groups -OCH3 is 2. The van der Waals surface area contributed by atoms with Crippen molar-refractivity contribution in [2.75, 3.05) is 33.9 Å². The molecule has 27 heavy (non-hydrogen) atoms. The molecule has 7 heteroatoms. The Kier molecular flexibility index (Phi) is 10.2. The van der Waals surface area contributed by atoms with Gasteiger partial charge in [0.15, 0.2) is 0 Å². The normalized spacial score (nSPS) is 11.4. The van der Waals surface area contributed by atoms with Gasteiger partial charge in [-0.1, -0.05) is 35.9 Å². The molecule has 1 atom stereocenters. The van der Waals surface area contributed by atoms with E-state index in [1.54, 1.807) is 14.2 Å². The van der Waals surface area contributed by atoms with Crippen LogP contribution >= 0.6 is 24.0 Å². The van der Waals surface area contributed by atoms with Gasteiger partial charge in [-0.3, -0.25) is 4.79 Å². The lowest BCUT2D eigenvalue weighted by atomic mass is 9.94. The zero-order chi connectivity index (χ0) is 18.9. The van der Waals surface area contributed by atoms with E-state index in [2.05, 4.69) is 10.6 Å². The van der Waals surface area contributed by atoms with Crippen LogP contribution in [-0.2, 0) is 9.53 Å². The van der Waals surface area contributed by atoms with Crippen molar-refractivity contribution in [3.05, 3.63) is 64.2 Å². The Labute approximate surface area is 171 Å². The molecule has 0 aliphatic rings. The van der Waals surface area contributed by atoms with Crippen molar-refractivity contribution < 1.29 is 14.3 Å². The van der Waals surface area contributed by atoms with Gasteiger partial charge in [-0.05, 0) is 41.8 Å². The summed E-state index contributed by atoms with van der Waals surface area (Å²) in [6, 6.07) is 13.0. The third-order valence-electron chi connectivity index (χ3n) is 4.08. The van der Waals surface area contributed by atoms with Crippen LogP contribution in [0.2, 0.25) is 5.02 Å². The predicted octanol–water partition coefficient (Wildman–Crippen LogP) is 3.52. The summed E-state index contributed by atoms with van der Waals surface area (Å²) in [4.78, 5) is 12.4. The number of benzene rings is 2. The minimum Gasteiger partial charge on any atom is -0.497 e. The van der Waals surface area contributed by atoms with Crippen molar-refractivity contribution in [3.63, 3.8) is 0 Å². The van der Waals surface area contributed by atoms with E-state index in [9.17, 15) is 4.79 Å². The highest BCUT2D eigenvalue weighted by Gasteiger charge is 2.21. The van der Waals surface area contributed by atoms with Crippen LogP contribution in [-0.4, -0.2) is 39.8 Å². The smallest absolute Gasteiger partial charge is 0.234 e. The minimum absolute atomic E-state index is 0. The van der Waals surface area contributed by atoms with E-state index >= 15 is 0 Å². The van der Waals surface area contributed by atoms with Gasteiger partial charge in [0.2, 0.25) is 5.91 Å². The Morgan fingerprint density at radius 1 is 1.15 bits per heavy atom. The van der Waals surface area contributed by atoms with Gasteiger partial charge in [0.1, 0.15) is 5.75 Å². The molecule has 0 spiro atoms. The predicted molar refractivity (Wildman–Crippen MR) is 111 cm³/mol. The monoisotopic (exact) mass is 412 g/mol. The van der Waals surface area contributed by atoms with E-state index in [1.807, 2.05) is 49.4 Å². The summed E-state index contributed by atoms with van der Waals surface area (Å²) >= 11 is 6.40. The quantitative estimate of drug-likeness (QED) is 0.618. The van der Waals surface area contributed by atoms with E-state index in [1.165, 1.54) is 0 Å². The lowest BCUT2D eigenvalue weighted by molar-refractivity contribution is -0.120. The molecule has 0 saturated heterocycles. The number of halogens is 2.